The molecule has 202 valence electrons. The number of pyridine rings is 1. The van der Waals surface area contributed by atoms with E-state index in [1.807, 2.05) is 43.3 Å². The Bertz CT molecular complexity index is 1610. The number of nitrogens with zero attached hydrogens (tertiary/aromatic N) is 1. The van der Waals surface area contributed by atoms with Crippen LogP contribution in [0, 0.1) is 11.6 Å². The van der Waals surface area contributed by atoms with Crippen molar-refractivity contribution in [1.29, 1.82) is 0 Å². The fraction of sp³-hybridized carbons (Fsp3) is 0.206. The third-order valence-corrected chi connectivity index (χ3v) is 7.32. The first-order valence-corrected chi connectivity index (χ1v) is 13.4. The lowest BCUT2D eigenvalue weighted by atomic mass is 9.85. The highest BCUT2D eigenvalue weighted by Crippen LogP contribution is 2.36. The molecule has 0 unspecified atom stereocenters. The van der Waals surface area contributed by atoms with Crippen molar-refractivity contribution in [3.8, 4) is 16.9 Å². The molecule has 1 N–H and O–H groups in total. The molecular weight excluding hydrogens is 508 g/mol. The van der Waals surface area contributed by atoms with Crippen LogP contribution in [0.1, 0.15) is 64.8 Å². The first-order valence-electron chi connectivity index (χ1n) is 13.4. The summed E-state index contributed by atoms with van der Waals surface area (Å²) in [6, 6.07) is 19.5. The van der Waals surface area contributed by atoms with Gasteiger partial charge in [0.2, 0.25) is 0 Å². The van der Waals surface area contributed by atoms with Crippen molar-refractivity contribution in [2.45, 2.75) is 44.9 Å². The predicted octanol–water partition coefficient (Wildman–Crippen LogP) is 7.64. The average Bonchev–Trinajstić information content (AvgIpc) is 3.33. The number of Topliss-reactive ketones (excluding diaryl/α,β-unsaturated/α-hetero) is 2. The Balaban J connectivity index is 1.49. The van der Waals surface area contributed by atoms with E-state index < -0.39 is 17.6 Å². The minimum absolute atomic E-state index is 0.0189. The first kappa shape index (κ1) is 27.1. The van der Waals surface area contributed by atoms with Crippen molar-refractivity contribution in [2.24, 2.45) is 0 Å². The van der Waals surface area contributed by atoms with Gasteiger partial charge in [0.1, 0.15) is 23.2 Å². The molecule has 0 saturated heterocycles. The van der Waals surface area contributed by atoms with Crippen molar-refractivity contribution in [1.82, 2.24) is 4.98 Å². The minimum atomic E-state index is -0.681. The second-order valence-corrected chi connectivity index (χ2v) is 10.2. The highest BCUT2D eigenvalue weighted by atomic mass is 19.1. The number of rotatable bonds is 10. The Kier molecular flexibility index (Phi) is 7.96. The second-order valence-electron chi connectivity index (χ2n) is 10.2. The summed E-state index contributed by atoms with van der Waals surface area (Å²) in [5, 5.41) is 9.96. The number of ketones is 2. The quantitative estimate of drug-likeness (QED) is 0.211. The molecule has 1 aliphatic rings. The van der Waals surface area contributed by atoms with E-state index in [2.05, 4.69) is 4.98 Å². The number of halogens is 2. The van der Waals surface area contributed by atoms with Crippen LogP contribution < -0.4 is 0 Å². The molecule has 5 rings (SSSR count). The highest BCUT2D eigenvalue weighted by Gasteiger charge is 2.25. The fourth-order valence-electron chi connectivity index (χ4n) is 5.44. The second kappa shape index (κ2) is 11.7. The number of carbonyl (C=O) groups is 2. The number of allylic oxidation sites excluding steroid dienone is 2. The summed E-state index contributed by atoms with van der Waals surface area (Å²) in [6.45, 7) is 1.81. The number of aromatic nitrogens is 1. The van der Waals surface area contributed by atoms with Gasteiger partial charge in [0.25, 0.3) is 0 Å². The van der Waals surface area contributed by atoms with Crippen molar-refractivity contribution < 1.29 is 23.5 Å². The van der Waals surface area contributed by atoms with Crippen LogP contribution in [0.25, 0.3) is 16.7 Å². The largest absolute Gasteiger partial charge is 0.508 e. The lowest BCUT2D eigenvalue weighted by molar-refractivity contribution is -0.118. The molecule has 4 nitrogen and oxygen atoms in total. The van der Waals surface area contributed by atoms with Crippen LogP contribution in [-0.2, 0) is 17.6 Å². The molecule has 1 aliphatic carbocycles. The van der Waals surface area contributed by atoms with Gasteiger partial charge in [-0.2, -0.15) is 0 Å². The molecule has 1 aromatic heterocycles. The molecule has 0 spiro atoms. The standard InChI is InChI=1S/C34H29F2NO3/c1-2-33(40)25-6-3-5-23(16-25)31-7-4-12-37-34(31)26(13-21-14-27(35)19-28(36)15-21)18-30(39)17-24-9-8-22-10-11-29(38)20-32(22)24/h3-7,9-12,14-16,19-20,26,38H,2,8,13,17-18H2,1H3/t26-/m1/s1. The first-order chi connectivity index (χ1) is 19.3. The van der Waals surface area contributed by atoms with Crippen LogP contribution in [0.2, 0.25) is 0 Å². The zero-order valence-corrected chi connectivity index (χ0v) is 22.2. The summed E-state index contributed by atoms with van der Waals surface area (Å²) in [5.74, 6) is -1.71. The van der Waals surface area contributed by atoms with Gasteiger partial charge in [-0.25, -0.2) is 8.78 Å². The molecule has 0 saturated carbocycles. The molecule has 0 aliphatic heterocycles. The number of hydrogen-bond acceptors (Lipinski definition) is 4. The molecular formula is C34H29F2NO3. The topological polar surface area (TPSA) is 67.3 Å². The molecule has 3 aromatic carbocycles. The van der Waals surface area contributed by atoms with Gasteiger partial charge in [-0.3, -0.25) is 14.6 Å². The molecule has 40 heavy (non-hydrogen) atoms. The summed E-state index contributed by atoms with van der Waals surface area (Å²) in [7, 11) is 0. The number of carbonyl (C=O) groups excluding carboxylic acids is 2. The van der Waals surface area contributed by atoms with Crippen LogP contribution in [-0.4, -0.2) is 21.7 Å². The summed E-state index contributed by atoms with van der Waals surface area (Å²) >= 11 is 0. The maximum Gasteiger partial charge on any atom is 0.162 e. The van der Waals surface area contributed by atoms with E-state index in [4.69, 9.17) is 0 Å². The minimum Gasteiger partial charge on any atom is -0.508 e. The Morgan fingerprint density at radius 1 is 0.950 bits per heavy atom. The number of aromatic hydroxyl groups is 1. The van der Waals surface area contributed by atoms with E-state index in [1.165, 1.54) is 12.1 Å². The summed E-state index contributed by atoms with van der Waals surface area (Å²) in [4.78, 5) is 30.5. The third-order valence-electron chi connectivity index (χ3n) is 7.32. The smallest absolute Gasteiger partial charge is 0.162 e. The van der Waals surface area contributed by atoms with Crippen LogP contribution in [0.5, 0.6) is 5.75 Å². The SMILES string of the molecule is CCC(=O)c1cccc(-c2cccnc2[C@@H](CC(=O)CC2=CCc3ccc(O)cc32)Cc2cc(F)cc(F)c2)c1. The average molecular weight is 538 g/mol. The molecule has 0 fully saturated rings. The zero-order chi connectivity index (χ0) is 28.2. The van der Waals surface area contributed by atoms with Gasteiger partial charge >= 0.3 is 0 Å². The fourth-order valence-corrected chi connectivity index (χ4v) is 5.44. The maximum absolute atomic E-state index is 14.1. The van der Waals surface area contributed by atoms with Gasteiger partial charge in [0.05, 0.1) is 5.69 Å². The number of phenols is 1. The van der Waals surface area contributed by atoms with E-state index in [1.54, 1.807) is 30.5 Å². The normalized spacial score (nSPS) is 13.0. The number of phenolic OH excluding ortho intramolecular Hbond substituents is 1. The summed E-state index contributed by atoms with van der Waals surface area (Å²) < 4.78 is 28.2. The van der Waals surface area contributed by atoms with Gasteiger partial charge in [0, 0.05) is 48.6 Å². The van der Waals surface area contributed by atoms with E-state index in [9.17, 15) is 23.5 Å². The molecule has 0 bridgehead atoms. The molecule has 0 radical (unpaired) electrons. The van der Waals surface area contributed by atoms with Crippen LogP contribution in [0.3, 0.4) is 0 Å². The summed E-state index contributed by atoms with van der Waals surface area (Å²) in [5.41, 5.74) is 5.97. The third kappa shape index (κ3) is 6.07. The van der Waals surface area contributed by atoms with Gasteiger partial charge in [-0.1, -0.05) is 43.3 Å². The molecule has 4 aromatic rings. The number of fused-ring (bicyclic) bond motifs is 1. The van der Waals surface area contributed by atoms with Crippen LogP contribution >= 0.6 is 0 Å². The Morgan fingerprint density at radius 3 is 2.52 bits per heavy atom. The monoisotopic (exact) mass is 537 g/mol. The van der Waals surface area contributed by atoms with Gasteiger partial charge in [-0.05, 0) is 77.1 Å². The van der Waals surface area contributed by atoms with Crippen molar-refractivity contribution in [3.63, 3.8) is 0 Å². The Hall–Kier alpha value is -4.45. The van der Waals surface area contributed by atoms with Crippen LogP contribution in [0.4, 0.5) is 8.78 Å². The predicted molar refractivity (Wildman–Crippen MR) is 151 cm³/mol. The highest BCUT2D eigenvalue weighted by molar-refractivity contribution is 5.97. The summed E-state index contributed by atoms with van der Waals surface area (Å²) in [6.07, 6.45) is 5.19. The number of hydrogen-bond donors (Lipinski definition) is 1. The van der Waals surface area contributed by atoms with E-state index in [0.717, 1.165) is 33.9 Å². The Morgan fingerprint density at radius 2 is 1.75 bits per heavy atom. The van der Waals surface area contributed by atoms with E-state index in [0.29, 0.717) is 29.7 Å². The van der Waals surface area contributed by atoms with Crippen molar-refractivity contribution in [3.05, 3.63) is 125 Å². The van der Waals surface area contributed by atoms with E-state index in [-0.39, 0.29) is 36.6 Å². The van der Waals surface area contributed by atoms with Crippen molar-refractivity contribution in [2.75, 3.05) is 0 Å². The Labute approximate surface area is 232 Å². The van der Waals surface area contributed by atoms with Crippen LogP contribution in [0.15, 0.2) is 85.1 Å². The molecule has 6 heteroatoms. The van der Waals surface area contributed by atoms with Gasteiger partial charge in [-0.15, -0.1) is 0 Å². The number of benzene rings is 3. The van der Waals surface area contributed by atoms with E-state index >= 15 is 0 Å². The molecule has 1 heterocycles. The molecule has 1 atom stereocenters. The maximum atomic E-state index is 14.1. The lowest BCUT2D eigenvalue weighted by Gasteiger charge is -2.20. The van der Waals surface area contributed by atoms with Gasteiger partial charge in [0.15, 0.2) is 5.78 Å². The zero-order valence-electron chi connectivity index (χ0n) is 22.2. The lowest BCUT2D eigenvalue weighted by Crippen LogP contribution is -2.13. The van der Waals surface area contributed by atoms with Crippen molar-refractivity contribution >= 4 is 17.1 Å². The van der Waals surface area contributed by atoms with Gasteiger partial charge < -0.3 is 5.11 Å². The molecule has 0 amide bonds.